The topological polar surface area (TPSA) is 116 Å². The highest BCUT2D eigenvalue weighted by atomic mass is 16.5. The van der Waals surface area contributed by atoms with Crippen LogP contribution in [-0.2, 0) is 4.74 Å². The van der Waals surface area contributed by atoms with Crippen molar-refractivity contribution in [2.24, 2.45) is 0 Å². The minimum Gasteiger partial charge on any atom is -0.493 e. The number of methoxy groups -OCH3 is 1. The number of rotatable bonds is 34. The van der Waals surface area contributed by atoms with E-state index in [0.29, 0.717) is 67.6 Å². The van der Waals surface area contributed by atoms with Gasteiger partial charge in [0.15, 0.2) is 46.1 Å². The highest BCUT2D eigenvalue weighted by Gasteiger charge is 2.30. The lowest BCUT2D eigenvalue weighted by atomic mass is 9.83. The van der Waals surface area contributed by atoms with E-state index in [1.807, 2.05) is 0 Å². The molecule has 7 rings (SSSR count). The van der Waals surface area contributed by atoms with Gasteiger partial charge in [-0.25, -0.2) is 4.79 Å². The van der Waals surface area contributed by atoms with Gasteiger partial charge in [-0.15, -0.1) is 0 Å². The largest absolute Gasteiger partial charge is 0.493 e. The Kier molecular flexibility index (Phi) is 21.7. The maximum atomic E-state index is 13.2. The number of carbonyl (C=O) groups excluding carboxylic acids is 3. The molecule has 0 aliphatic heterocycles. The number of benzene rings is 6. The molecule has 0 spiro atoms. The molecular weight excluding hydrogens is 929 g/mol. The first-order valence-corrected chi connectivity index (χ1v) is 28.0. The molecule has 0 saturated heterocycles. The first-order valence-electron chi connectivity index (χ1n) is 28.0. The van der Waals surface area contributed by atoms with Gasteiger partial charge in [0, 0.05) is 22.3 Å². The first-order chi connectivity index (χ1) is 36.3. The molecule has 10 heteroatoms. The summed E-state index contributed by atoms with van der Waals surface area (Å²) in [5.41, 5.74) is 1.51. The van der Waals surface area contributed by atoms with Gasteiger partial charge in [-0.2, -0.15) is 0 Å². The fourth-order valence-corrected chi connectivity index (χ4v) is 9.80. The van der Waals surface area contributed by atoms with Crippen molar-refractivity contribution in [3.05, 3.63) is 107 Å². The van der Waals surface area contributed by atoms with Crippen molar-refractivity contribution in [1.82, 2.24) is 0 Å². The number of esters is 1. The van der Waals surface area contributed by atoms with Crippen LogP contribution in [0.4, 0.5) is 0 Å². The third kappa shape index (κ3) is 14.3. The van der Waals surface area contributed by atoms with E-state index in [4.69, 9.17) is 33.2 Å². The quantitative estimate of drug-likeness (QED) is 0.0219. The van der Waals surface area contributed by atoms with Gasteiger partial charge in [0.2, 0.25) is 0 Å². The van der Waals surface area contributed by atoms with Gasteiger partial charge in [-0.3, -0.25) is 9.59 Å². The summed E-state index contributed by atoms with van der Waals surface area (Å²) in [4.78, 5) is 39.3. The van der Waals surface area contributed by atoms with Gasteiger partial charge in [0.05, 0.1) is 52.3 Å². The smallest absolute Gasteiger partial charge is 0.338 e. The van der Waals surface area contributed by atoms with Crippen LogP contribution in [-0.4, -0.2) is 64.3 Å². The Bertz CT molecular complexity index is 2810. The average Bonchev–Trinajstić information content (AvgIpc) is 3.42. The van der Waals surface area contributed by atoms with Gasteiger partial charge in [-0.1, -0.05) is 129 Å². The Hall–Kier alpha value is -6.29. The second-order valence-electron chi connectivity index (χ2n) is 19.7. The lowest BCUT2D eigenvalue weighted by molar-refractivity contribution is 0.0497. The second-order valence-corrected chi connectivity index (χ2v) is 19.7. The molecule has 1 aliphatic carbocycles. The van der Waals surface area contributed by atoms with Crippen LogP contribution in [0, 0.1) is 0 Å². The molecule has 74 heavy (non-hydrogen) atoms. The summed E-state index contributed by atoms with van der Waals surface area (Å²) in [6.07, 6.45) is 20.9. The molecule has 0 N–H and O–H groups in total. The summed E-state index contributed by atoms with van der Waals surface area (Å²) in [5.74, 6) is 3.28. The zero-order valence-corrected chi connectivity index (χ0v) is 45.0. The number of carbonyl (C=O) groups is 3. The number of hydrogen-bond acceptors (Lipinski definition) is 10. The highest BCUT2D eigenvalue weighted by molar-refractivity contribution is 6.29. The third-order valence-electron chi connectivity index (χ3n) is 14.1. The van der Waals surface area contributed by atoms with Crippen molar-refractivity contribution in [2.45, 2.75) is 156 Å². The molecule has 0 atom stereocenters. The van der Waals surface area contributed by atoms with Gasteiger partial charge in [0.1, 0.15) is 0 Å². The van der Waals surface area contributed by atoms with Crippen molar-refractivity contribution in [3.8, 4) is 34.5 Å². The average molecular weight is 1010 g/mol. The van der Waals surface area contributed by atoms with E-state index >= 15 is 0 Å². The summed E-state index contributed by atoms with van der Waals surface area (Å²) in [5, 5.41) is 6.17. The van der Waals surface area contributed by atoms with E-state index in [9.17, 15) is 14.4 Å². The van der Waals surface area contributed by atoms with E-state index in [1.165, 1.54) is 38.2 Å². The Balaban J connectivity index is 1.11. The lowest BCUT2D eigenvalue weighted by Gasteiger charge is -2.20. The molecule has 0 bridgehead atoms. The number of hydrogen-bond donors (Lipinski definition) is 0. The molecule has 0 saturated carbocycles. The van der Waals surface area contributed by atoms with Crippen LogP contribution < -0.4 is 28.4 Å². The normalized spacial score (nSPS) is 12.0. The summed E-state index contributed by atoms with van der Waals surface area (Å²) in [6.45, 7) is 12.1. The Labute approximate surface area is 439 Å². The fourth-order valence-electron chi connectivity index (χ4n) is 9.80. The predicted molar refractivity (Wildman–Crippen MR) is 298 cm³/mol. The molecule has 0 heterocycles. The standard InChI is InChI=1S/C64H80O10/c1-6-10-14-22-32-70-58-41-51-49-39-56(68-5)57(69-36-26-18-19-27-37-74-64(67)45-30-31-48-55(38-45)63(66)47-29-21-20-28-46(47)62(48)65)40-50(49)52-42-59(71-33-23-15-11-7-2)61(73-35-25-17-13-9-4)44-54(52)53(51)43-60(58)72-34-24-16-12-8-3/h20-21,28-31,38-44H,6-19,22-27,32-37H2,1-5H3. The summed E-state index contributed by atoms with van der Waals surface area (Å²) in [6, 6.07) is 24.2. The SMILES string of the molecule is CCCCCCOc1cc2c3cc(OC)c(OCCCCCCOC(=O)c4ccc5c(c4)C(=O)c4ccccc4C5=O)cc3c3cc(OCCCCCC)c(OCCCCCC)cc3c2cc1OCCCCCC. The van der Waals surface area contributed by atoms with E-state index in [2.05, 4.69) is 64.1 Å². The number of ether oxygens (including phenoxy) is 7. The molecule has 396 valence electrons. The van der Waals surface area contributed by atoms with E-state index < -0.39 is 5.97 Å². The molecule has 0 aromatic heterocycles. The Morgan fingerprint density at radius 2 is 0.662 bits per heavy atom. The molecular formula is C64H80O10. The fraction of sp³-hybridized carbons (Fsp3) is 0.484. The van der Waals surface area contributed by atoms with Crippen molar-refractivity contribution >= 4 is 49.9 Å². The lowest BCUT2D eigenvalue weighted by Crippen LogP contribution is -2.21. The van der Waals surface area contributed by atoms with Crippen LogP contribution in [0.1, 0.15) is 198 Å². The molecule has 0 unspecified atom stereocenters. The monoisotopic (exact) mass is 1010 g/mol. The van der Waals surface area contributed by atoms with Gasteiger partial charge >= 0.3 is 5.97 Å². The van der Waals surface area contributed by atoms with Crippen molar-refractivity contribution < 1.29 is 47.5 Å². The van der Waals surface area contributed by atoms with Crippen LogP contribution in [0.15, 0.2) is 78.9 Å². The van der Waals surface area contributed by atoms with Crippen molar-refractivity contribution in [1.29, 1.82) is 0 Å². The van der Waals surface area contributed by atoms with Crippen LogP contribution in [0.3, 0.4) is 0 Å². The van der Waals surface area contributed by atoms with Crippen LogP contribution in [0.2, 0.25) is 0 Å². The maximum Gasteiger partial charge on any atom is 0.338 e. The molecule has 0 amide bonds. The molecule has 10 nitrogen and oxygen atoms in total. The van der Waals surface area contributed by atoms with Crippen LogP contribution in [0.25, 0.3) is 32.3 Å². The molecule has 1 aliphatic rings. The highest BCUT2D eigenvalue weighted by Crippen LogP contribution is 2.47. The zero-order chi connectivity index (χ0) is 52.1. The Morgan fingerprint density at radius 1 is 0.351 bits per heavy atom. The van der Waals surface area contributed by atoms with Crippen molar-refractivity contribution in [3.63, 3.8) is 0 Å². The van der Waals surface area contributed by atoms with Crippen molar-refractivity contribution in [2.75, 3.05) is 46.8 Å². The van der Waals surface area contributed by atoms with E-state index in [0.717, 1.165) is 145 Å². The molecule has 6 aromatic rings. The minimum atomic E-state index is -0.520. The predicted octanol–water partition coefficient (Wildman–Crippen LogP) is 16.6. The van der Waals surface area contributed by atoms with Crippen LogP contribution in [0.5, 0.6) is 34.5 Å². The van der Waals surface area contributed by atoms with Crippen LogP contribution >= 0.6 is 0 Å². The zero-order valence-electron chi connectivity index (χ0n) is 45.0. The van der Waals surface area contributed by atoms with E-state index in [-0.39, 0.29) is 29.3 Å². The number of unbranched alkanes of at least 4 members (excludes halogenated alkanes) is 15. The minimum absolute atomic E-state index is 0.221. The van der Waals surface area contributed by atoms with Gasteiger partial charge in [0.25, 0.3) is 0 Å². The number of fused-ring (bicyclic) bond motifs is 8. The maximum absolute atomic E-state index is 13.2. The second kappa shape index (κ2) is 29.0. The molecule has 6 aromatic carbocycles. The summed E-state index contributed by atoms with van der Waals surface area (Å²) >= 11 is 0. The third-order valence-corrected chi connectivity index (χ3v) is 14.1. The Morgan fingerprint density at radius 3 is 1.03 bits per heavy atom. The molecule has 0 radical (unpaired) electrons. The van der Waals surface area contributed by atoms with Gasteiger partial charge in [-0.05, 0) is 138 Å². The first kappa shape index (κ1) is 55.5. The summed E-state index contributed by atoms with van der Waals surface area (Å²) in [7, 11) is 1.68. The molecule has 0 fully saturated rings. The number of ketones is 2. The summed E-state index contributed by atoms with van der Waals surface area (Å²) < 4.78 is 44.7. The van der Waals surface area contributed by atoms with Gasteiger partial charge < -0.3 is 33.2 Å². The van der Waals surface area contributed by atoms with E-state index in [1.54, 1.807) is 43.5 Å².